The van der Waals surface area contributed by atoms with Crippen LogP contribution in [0.2, 0.25) is 0 Å². The highest BCUT2D eigenvalue weighted by Crippen LogP contribution is 2.21. The topological polar surface area (TPSA) is 58.6 Å². The molecule has 2 amide bonds. The van der Waals surface area contributed by atoms with Crippen molar-refractivity contribution in [3.05, 3.63) is 35.9 Å². The van der Waals surface area contributed by atoms with Gasteiger partial charge < -0.3 is 15.0 Å². The molecule has 158 valence electrons. The summed E-state index contributed by atoms with van der Waals surface area (Å²) < 4.78 is 5.58. The molecule has 1 aliphatic heterocycles. The lowest BCUT2D eigenvalue weighted by atomic mass is 9.93. The summed E-state index contributed by atoms with van der Waals surface area (Å²) in [6.45, 7) is 4.03. The fourth-order valence-electron chi connectivity index (χ4n) is 4.13. The predicted molar refractivity (Wildman–Crippen MR) is 116 cm³/mol. The van der Waals surface area contributed by atoms with Crippen LogP contribution in [-0.4, -0.2) is 42.5 Å². The van der Waals surface area contributed by atoms with Crippen molar-refractivity contribution in [2.45, 2.75) is 64.3 Å². The van der Waals surface area contributed by atoms with Gasteiger partial charge in [-0.05, 0) is 55.9 Å². The lowest BCUT2D eigenvalue weighted by Gasteiger charge is -2.33. The average molecular weight is 399 g/mol. The zero-order valence-corrected chi connectivity index (χ0v) is 17.6. The molecule has 0 aromatic heterocycles. The Morgan fingerprint density at radius 2 is 1.86 bits per heavy atom. The molecule has 1 aliphatic carbocycles. The highest BCUT2D eigenvalue weighted by atomic mass is 16.5. The van der Waals surface area contributed by atoms with Gasteiger partial charge in [0.1, 0.15) is 5.75 Å². The SMILES string of the molecule is CCCOc1ccc(/C=C/C(=O)N2CCCC(C(=O)NC3CCCCC3)C2)cc1. The molecule has 29 heavy (non-hydrogen) atoms. The van der Waals surface area contributed by atoms with E-state index in [0.29, 0.717) is 19.2 Å². The molecular formula is C24H34N2O3. The maximum absolute atomic E-state index is 12.6. The Balaban J connectivity index is 1.49. The quantitative estimate of drug-likeness (QED) is 0.701. The van der Waals surface area contributed by atoms with Gasteiger partial charge in [0.05, 0.1) is 12.5 Å². The first-order chi connectivity index (χ1) is 14.2. The summed E-state index contributed by atoms with van der Waals surface area (Å²) >= 11 is 0. The predicted octanol–water partition coefficient (Wildman–Crippen LogP) is 4.18. The fraction of sp³-hybridized carbons (Fsp3) is 0.583. The molecule has 5 heteroatoms. The summed E-state index contributed by atoms with van der Waals surface area (Å²) in [6.07, 6.45) is 12.0. The second kappa shape index (κ2) is 11.0. The lowest BCUT2D eigenvalue weighted by molar-refractivity contribution is -0.132. The van der Waals surface area contributed by atoms with Crippen molar-refractivity contribution < 1.29 is 14.3 Å². The van der Waals surface area contributed by atoms with Crippen LogP contribution in [0.25, 0.3) is 6.08 Å². The number of amides is 2. The minimum absolute atomic E-state index is 0.0218. The first-order valence-electron chi connectivity index (χ1n) is 11.2. The molecule has 1 unspecified atom stereocenters. The van der Waals surface area contributed by atoms with E-state index in [2.05, 4.69) is 12.2 Å². The van der Waals surface area contributed by atoms with Crippen LogP contribution in [0.1, 0.15) is 63.9 Å². The molecule has 1 atom stereocenters. The van der Waals surface area contributed by atoms with Gasteiger partial charge in [0.25, 0.3) is 0 Å². The van der Waals surface area contributed by atoms with Gasteiger partial charge in [-0.1, -0.05) is 38.3 Å². The molecule has 1 saturated carbocycles. The molecule has 2 fully saturated rings. The third-order valence-corrected chi connectivity index (χ3v) is 5.83. The number of carbonyl (C=O) groups excluding carboxylic acids is 2. The molecule has 0 radical (unpaired) electrons. The van der Waals surface area contributed by atoms with Crippen LogP contribution in [0.15, 0.2) is 30.3 Å². The fourth-order valence-corrected chi connectivity index (χ4v) is 4.13. The molecule has 1 aromatic rings. The number of nitrogens with zero attached hydrogens (tertiary/aromatic N) is 1. The van der Waals surface area contributed by atoms with Crippen LogP contribution in [0.4, 0.5) is 0 Å². The smallest absolute Gasteiger partial charge is 0.246 e. The Bertz CT molecular complexity index is 693. The van der Waals surface area contributed by atoms with Crippen molar-refractivity contribution in [1.82, 2.24) is 10.2 Å². The van der Waals surface area contributed by atoms with Crippen LogP contribution in [0.3, 0.4) is 0 Å². The van der Waals surface area contributed by atoms with Crippen molar-refractivity contribution in [1.29, 1.82) is 0 Å². The lowest BCUT2D eigenvalue weighted by Crippen LogP contribution is -2.47. The van der Waals surface area contributed by atoms with Gasteiger partial charge in [-0.3, -0.25) is 9.59 Å². The summed E-state index contributed by atoms with van der Waals surface area (Å²) in [4.78, 5) is 27.1. The minimum Gasteiger partial charge on any atom is -0.494 e. The Labute approximate surface area is 174 Å². The van der Waals surface area contributed by atoms with Crippen LogP contribution in [-0.2, 0) is 9.59 Å². The summed E-state index contributed by atoms with van der Waals surface area (Å²) in [6, 6.07) is 8.07. The van der Waals surface area contributed by atoms with Crippen molar-refractivity contribution in [2.24, 2.45) is 5.92 Å². The van der Waals surface area contributed by atoms with Gasteiger partial charge in [0.2, 0.25) is 11.8 Å². The van der Waals surface area contributed by atoms with Gasteiger partial charge in [0.15, 0.2) is 0 Å². The first-order valence-corrected chi connectivity index (χ1v) is 11.2. The van der Waals surface area contributed by atoms with Crippen LogP contribution >= 0.6 is 0 Å². The Kier molecular flexibility index (Phi) is 8.14. The van der Waals surface area contributed by atoms with Crippen LogP contribution in [0.5, 0.6) is 5.75 Å². The molecule has 2 aliphatic rings. The Morgan fingerprint density at radius 1 is 1.10 bits per heavy atom. The third kappa shape index (κ3) is 6.62. The Hall–Kier alpha value is -2.30. The summed E-state index contributed by atoms with van der Waals surface area (Å²) in [5.41, 5.74) is 0.964. The largest absolute Gasteiger partial charge is 0.494 e. The van der Waals surface area contributed by atoms with Crippen LogP contribution < -0.4 is 10.1 Å². The minimum atomic E-state index is -0.0852. The second-order valence-electron chi connectivity index (χ2n) is 8.22. The maximum atomic E-state index is 12.6. The zero-order chi connectivity index (χ0) is 20.5. The van der Waals surface area contributed by atoms with Gasteiger partial charge >= 0.3 is 0 Å². The molecule has 1 aromatic carbocycles. The number of rotatable bonds is 7. The second-order valence-corrected chi connectivity index (χ2v) is 8.22. The number of carbonyl (C=O) groups is 2. The average Bonchev–Trinajstić information content (AvgIpc) is 2.77. The molecule has 0 spiro atoms. The molecule has 1 N–H and O–H groups in total. The van der Waals surface area contributed by atoms with E-state index in [-0.39, 0.29) is 17.7 Å². The molecule has 3 rings (SSSR count). The summed E-state index contributed by atoms with van der Waals surface area (Å²) in [5, 5.41) is 3.22. The first kappa shape index (κ1) is 21.4. The van der Waals surface area contributed by atoms with Gasteiger partial charge in [-0.25, -0.2) is 0 Å². The third-order valence-electron chi connectivity index (χ3n) is 5.83. The number of nitrogens with one attached hydrogen (secondary N) is 1. The molecule has 1 saturated heterocycles. The summed E-state index contributed by atoms with van der Waals surface area (Å²) in [7, 11) is 0. The van der Waals surface area contributed by atoms with E-state index in [1.165, 1.54) is 19.3 Å². The monoisotopic (exact) mass is 398 g/mol. The van der Waals surface area contributed by atoms with E-state index in [4.69, 9.17) is 4.74 Å². The van der Waals surface area contributed by atoms with E-state index in [1.54, 1.807) is 6.08 Å². The summed E-state index contributed by atoms with van der Waals surface area (Å²) in [5.74, 6) is 0.865. The molecular weight excluding hydrogens is 364 g/mol. The van der Waals surface area contributed by atoms with Crippen molar-refractivity contribution in [3.63, 3.8) is 0 Å². The number of ether oxygens (including phenoxy) is 1. The maximum Gasteiger partial charge on any atom is 0.246 e. The van der Waals surface area contributed by atoms with Crippen molar-refractivity contribution in [2.75, 3.05) is 19.7 Å². The normalized spacial score (nSPS) is 20.6. The van der Waals surface area contributed by atoms with E-state index in [9.17, 15) is 9.59 Å². The number of likely N-dealkylation sites (tertiary alicyclic amines) is 1. The highest BCUT2D eigenvalue weighted by Gasteiger charge is 2.29. The molecule has 1 heterocycles. The number of hydrogen-bond donors (Lipinski definition) is 1. The number of benzene rings is 1. The van der Waals surface area contributed by atoms with Gasteiger partial charge in [-0.15, -0.1) is 0 Å². The van der Waals surface area contributed by atoms with E-state index >= 15 is 0 Å². The highest BCUT2D eigenvalue weighted by molar-refractivity contribution is 5.92. The van der Waals surface area contributed by atoms with E-state index in [0.717, 1.165) is 50.0 Å². The van der Waals surface area contributed by atoms with Crippen LogP contribution in [0, 0.1) is 5.92 Å². The van der Waals surface area contributed by atoms with Crippen molar-refractivity contribution >= 4 is 17.9 Å². The zero-order valence-electron chi connectivity index (χ0n) is 17.6. The Morgan fingerprint density at radius 3 is 2.59 bits per heavy atom. The van der Waals surface area contributed by atoms with Gasteiger partial charge in [0, 0.05) is 25.2 Å². The standard InChI is InChI=1S/C24H34N2O3/c1-2-17-29-22-13-10-19(11-14-22)12-15-23(27)26-16-6-7-20(18-26)24(28)25-21-8-4-3-5-9-21/h10-15,20-21H,2-9,16-18H2,1H3,(H,25,28)/b15-12+. The van der Waals surface area contributed by atoms with E-state index < -0.39 is 0 Å². The number of piperidine rings is 1. The number of hydrogen-bond acceptors (Lipinski definition) is 3. The molecule has 0 bridgehead atoms. The molecule has 5 nitrogen and oxygen atoms in total. The van der Waals surface area contributed by atoms with Gasteiger partial charge in [-0.2, -0.15) is 0 Å². The van der Waals surface area contributed by atoms with E-state index in [1.807, 2.05) is 35.2 Å². The van der Waals surface area contributed by atoms with Crippen molar-refractivity contribution in [3.8, 4) is 5.75 Å².